The van der Waals surface area contributed by atoms with Crippen LogP contribution in [0.4, 0.5) is 5.82 Å². The molecule has 0 atom stereocenters. The number of carbonyl (C=O) groups is 1. The quantitative estimate of drug-likeness (QED) is 0.736. The van der Waals surface area contributed by atoms with E-state index in [1.165, 1.54) is 6.92 Å². The Labute approximate surface area is 167 Å². The number of anilines is 1. The van der Waals surface area contributed by atoms with E-state index in [4.69, 9.17) is 19.8 Å². The van der Waals surface area contributed by atoms with Crippen molar-refractivity contribution >= 4 is 22.6 Å². The van der Waals surface area contributed by atoms with Crippen LogP contribution in [0, 0.1) is 6.92 Å². The zero-order valence-corrected chi connectivity index (χ0v) is 16.5. The molecule has 7 rings (SSSR count). The average molecular weight is 390 g/mol. The molecular weight excluding hydrogens is 368 g/mol. The number of rotatable bonds is 4. The summed E-state index contributed by atoms with van der Waals surface area (Å²) in [6, 6.07) is 3.84. The monoisotopic (exact) mass is 390 g/mol. The van der Waals surface area contributed by atoms with Crippen molar-refractivity contribution in [3.8, 4) is 5.82 Å². The number of hydrogen-bond acceptors (Lipinski definition) is 6. The second kappa shape index (κ2) is 5.82. The Balaban J connectivity index is 1.51. The molecule has 3 aromatic rings. The fourth-order valence-corrected chi connectivity index (χ4v) is 4.58. The van der Waals surface area contributed by atoms with Crippen molar-refractivity contribution in [3.05, 3.63) is 35.5 Å². The number of pyridine rings is 1. The Kier molecular flexibility index (Phi) is 3.42. The van der Waals surface area contributed by atoms with Crippen molar-refractivity contribution in [2.24, 2.45) is 0 Å². The van der Waals surface area contributed by atoms with Crippen molar-refractivity contribution < 1.29 is 9.53 Å². The minimum absolute atomic E-state index is 0.0450. The summed E-state index contributed by atoms with van der Waals surface area (Å²) in [6.07, 6.45) is 6.47. The summed E-state index contributed by atoms with van der Waals surface area (Å²) in [7, 11) is 0. The first kappa shape index (κ1) is 17.0. The molecule has 2 aliphatic heterocycles. The number of ether oxygens (including phenoxy) is 1. The summed E-state index contributed by atoms with van der Waals surface area (Å²) in [5, 5.41) is 8.72. The molecule has 0 unspecified atom stereocenters. The molecule has 4 fully saturated rings. The first-order chi connectivity index (χ1) is 14.0. The molecule has 2 aliphatic carbocycles. The Hall–Kier alpha value is -2.87. The number of hydrogen-bond donors (Lipinski definition) is 1. The zero-order valence-electron chi connectivity index (χ0n) is 16.5. The normalized spacial score (nSPS) is 25.2. The number of amides is 1. The molecule has 1 N–H and O–H groups in total. The van der Waals surface area contributed by atoms with Crippen LogP contribution in [0.2, 0.25) is 0 Å². The molecule has 2 saturated heterocycles. The third-order valence-electron chi connectivity index (χ3n) is 6.23. The van der Waals surface area contributed by atoms with Crippen LogP contribution >= 0.6 is 0 Å². The molecule has 29 heavy (non-hydrogen) atoms. The van der Waals surface area contributed by atoms with E-state index in [0.717, 1.165) is 59.6 Å². The zero-order chi connectivity index (χ0) is 19.8. The van der Waals surface area contributed by atoms with Gasteiger partial charge in [0.05, 0.1) is 29.3 Å². The molecule has 0 radical (unpaired) electrons. The van der Waals surface area contributed by atoms with Crippen LogP contribution in [0.15, 0.2) is 18.3 Å². The molecule has 0 aromatic carbocycles. The van der Waals surface area contributed by atoms with Crippen LogP contribution in [-0.2, 0) is 14.9 Å². The number of nitrogens with zero attached hydrogens (tertiary/aromatic N) is 5. The van der Waals surface area contributed by atoms with Gasteiger partial charge < -0.3 is 10.1 Å². The molecule has 8 heteroatoms. The predicted octanol–water partition coefficient (Wildman–Crippen LogP) is 2.79. The number of aryl methyl sites for hydroxylation is 1. The Bertz CT molecular complexity index is 1150. The van der Waals surface area contributed by atoms with Crippen molar-refractivity contribution in [3.63, 3.8) is 0 Å². The minimum atomic E-state index is -0.148. The summed E-state index contributed by atoms with van der Waals surface area (Å²) in [5.74, 6) is 2.46. The highest BCUT2D eigenvalue weighted by Crippen LogP contribution is 2.50. The lowest BCUT2D eigenvalue weighted by atomic mass is 9.69. The van der Waals surface area contributed by atoms with Crippen LogP contribution in [-0.4, -0.2) is 43.4 Å². The highest BCUT2D eigenvalue weighted by Gasteiger charge is 2.55. The van der Waals surface area contributed by atoms with E-state index in [1.807, 2.05) is 29.9 Å². The van der Waals surface area contributed by atoms with Gasteiger partial charge in [-0.1, -0.05) is 0 Å². The van der Waals surface area contributed by atoms with Gasteiger partial charge in [-0.2, -0.15) is 5.10 Å². The van der Waals surface area contributed by atoms with Crippen molar-refractivity contribution in [1.29, 1.82) is 0 Å². The molecular formula is C21H22N6O2. The average Bonchev–Trinajstić information content (AvgIpc) is 3.11. The van der Waals surface area contributed by atoms with Gasteiger partial charge >= 0.3 is 0 Å². The van der Waals surface area contributed by atoms with E-state index in [1.54, 1.807) is 0 Å². The van der Waals surface area contributed by atoms with Gasteiger partial charge in [0.15, 0.2) is 5.82 Å². The lowest BCUT2D eigenvalue weighted by Gasteiger charge is -2.33. The molecule has 0 spiro atoms. The fourth-order valence-electron chi connectivity index (χ4n) is 4.58. The molecule has 4 aliphatic rings. The molecule has 8 nitrogen and oxygen atoms in total. The van der Waals surface area contributed by atoms with Gasteiger partial charge in [0, 0.05) is 42.3 Å². The summed E-state index contributed by atoms with van der Waals surface area (Å²) < 4.78 is 7.67. The van der Waals surface area contributed by atoms with Crippen LogP contribution < -0.4 is 5.32 Å². The van der Waals surface area contributed by atoms with E-state index >= 15 is 0 Å². The smallest absolute Gasteiger partial charge is 0.222 e. The molecule has 1 amide bonds. The molecule has 2 saturated carbocycles. The van der Waals surface area contributed by atoms with Gasteiger partial charge in [-0.15, -0.1) is 0 Å². The maximum Gasteiger partial charge on any atom is 0.222 e. The van der Waals surface area contributed by atoms with Crippen molar-refractivity contribution in [1.82, 2.24) is 24.7 Å². The predicted molar refractivity (Wildman–Crippen MR) is 106 cm³/mol. The van der Waals surface area contributed by atoms with Gasteiger partial charge in [0.25, 0.3) is 0 Å². The molecule has 2 bridgehead atoms. The number of carbonyl (C=O) groups excluding carboxylic acids is 1. The third kappa shape index (κ3) is 2.66. The van der Waals surface area contributed by atoms with Gasteiger partial charge in [-0.3, -0.25) is 4.79 Å². The topological polar surface area (TPSA) is 94.8 Å². The van der Waals surface area contributed by atoms with Crippen molar-refractivity contribution in [2.75, 3.05) is 11.9 Å². The summed E-state index contributed by atoms with van der Waals surface area (Å²) >= 11 is 0. The Morgan fingerprint density at radius 3 is 2.79 bits per heavy atom. The Morgan fingerprint density at radius 1 is 1.28 bits per heavy atom. The minimum Gasteiger partial charge on any atom is -0.377 e. The van der Waals surface area contributed by atoms with Gasteiger partial charge in [-0.25, -0.2) is 19.6 Å². The van der Waals surface area contributed by atoms with Gasteiger partial charge in [0.1, 0.15) is 11.6 Å². The Morgan fingerprint density at radius 2 is 2.10 bits per heavy atom. The fraction of sp³-hybridized carbons (Fsp3) is 0.476. The van der Waals surface area contributed by atoms with Crippen LogP contribution in [0.1, 0.15) is 55.7 Å². The summed E-state index contributed by atoms with van der Waals surface area (Å²) in [5.41, 5.74) is 2.84. The lowest BCUT2D eigenvalue weighted by molar-refractivity contribution is -0.114. The number of nitrogens with one attached hydrogen (secondary N) is 1. The SMILES string of the molecule is CC(=O)Nc1cc2c(cn1)c(C1CC1)nn2-c1cc(C)nc(C23COC(C2)C3)n1. The molecule has 3 aromatic heterocycles. The van der Waals surface area contributed by atoms with E-state index in [2.05, 4.69) is 10.3 Å². The van der Waals surface area contributed by atoms with E-state index in [0.29, 0.717) is 24.4 Å². The van der Waals surface area contributed by atoms with E-state index in [-0.39, 0.29) is 11.3 Å². The first-order valence-corrected chi connectivity index (χ1v) is 10.2. The lowest BCUT2D eigenvalue weighted by Crippen LogP contribution is -2.39. The second-order valence-corrected chi connectivity index (χ2v) is 8.65. The van der Waals surface area contributed by atoms with E-state index < -0.39 is 0 Å². The summed E-state index contributed by atoms with van der Waals surface area (Å²) in [4.78, 5) is 25.6. The van der Waals surface area contributed by atoms with Crippen LogP contribution in [0.3, 0.4) is 0 Å². The number of fused-ring (bicyclic) bond motifs is 2. The summed E-state index contributed by atoms with van der Waals surface area (Å²) in [6.45, 7) is 4.17. The van der Waals surface area contributed by atoms with Gasteiger partial charge in [0.2, 0.25) is 5.91 Å². The van der Waals surface area contributed by atoms with Crippen molar-refractivity contribution in [2.45, 2.75) is 57.0 Å². The van der Waals surface area contributed by atoms with Crippen LogP contribution in [0.5, 0.6) is 0 Å². The maximum atomic E-state index is 11.5. The van der Waals surface area contributed by atoms with Gasteiger partial charge in [-0.05, 0) is 32.6 Å². The number of aromatic nitrogens is 5. The largest absolute Gasteiger partial charge is 0.377 e. The molecule has 148 valence electrons. The second-order valence-electron chi connectivity index (χ2n) is 8.65. The highest BCUT2D eigenvalue weighted by atomic mass is 16.5. The molecule has 5 heterocycles. The maximum absolute atomic E-state index is 11.5. The van der Waals surface area contributed by atoms with E-state index in [9.17, 15) is 4.79 Å². The third-order valence-corrected chi connectivity index (χ3v) is 6.23. The first-order valence-electron chi connectivity index (χ1n) is 10.2. The standard InChI is InChI=1S/C21H22N6O2/c1-11-5-18(25-20(23-11)21-7-14(8-21)29-10-21)27-16-6-17(24-12(2)28)22-9-15(16)19(26-27)13-3-4-13/h5-6,9,13-14H,3-4,7-8,10H2,1-2H3,(H,22,24,28). The van der Waals surface area contributed by atoms with Crippen LogP contribution in [0.25, 0.3) is 16.7 Å². The highest BCUT2D eigenvalue weighted by molar-refractivity contribution is 5.91.